The fourth-order valence-electron chi connectivity index (χ4n) is 2.18. The molecule has 0 saturated heterocycles. The van der Waals surface area contributed by atoms with E-state index in [-0.39, 0.29) is 11.6 Å². The van der Waals surface area contributed by atoms with Gasteiger partial charge in [-0.25, -0.2) is 9.79 Å². The lowest BCUT2D eigenvalue weighted by Crippen LogP contribution is -2.06. The Morgan fingerprint density at radius 2 is 1.80 bits per heavy atom. The smallest absolute Gasteiger partial charge is 0.402 e. The molecule has 2 aromatic rings. The number of aryl methyl sites for hydroxylation is 1. The number of rotatable bonds is 2. The molecule has 0 fully saturated rings. The Balaban J connectivity index is 1.89. The van der Waals surface area contributed by atoms with Crippen LogP contribution >= 0.6 is 22.6 Å². The van der Waals surface area contributed by atoms with Crippen LogP contribution in [0.5, 0.6) is 0 Å². The summed E-state index contributed by atoms with van der Waals surface area (Å²) in [6.45, 7) is 1.96. The van der Waals surface area contributed by atoms with Crippen molar-refractivity contribution in [2.24, 2.45) is 4.99 Å². The minimum absolute atomic E-state index is 0.0466. The zero-order valence-corrected chi connectivity index (χ0v) is 15.1. The van der Waals surface area contributed by atoms with Crippen LogP contribution in [0, 0.1) is 10.5 Å². The molecule has 1 heterocycles. The second-order valence-corrected chi connectivity index (χ2v) is 6.58. The minimum Gasteiger partial charge on any atom is -0.402 e. The van der Waals surface area contributed by atoms with Gasteiger partial charge in [0.15, 0.2) is 5.70 Å². The summed E-state index contributed by atoms with van der Waals surface area (Å²) in [5.74, 6) is -0.452. The fourth-order valence-corrected chi connectivity index (χ4v) is 2.70. The summed E-state index contributed by atoms with van der Waals surface area (Å²) < 4.78 is 43.9. The number of alkyl halides is 3. The first kappa shape index (κ1) is 17.7. The third-order valence-electron chi connectivity index (χ3n) is 3.58. The van der Waals surface area contributed by atoms with Crippen LogP contribution in [-0.2, 0) is 15.7 Å². The average molecular weight is 457 g/mol. The molecule has 3 nitrogen and oxygen atoms in total. The van der Waals surface area contributed by atoms with Gasteiger partial charge in [-0.2, -0.15) is 13.2 Å². The molecule has 128 valence electrons. The van der Waals surface area contributed by atoms with Gasteiger partial charge in [0.1, 0.15) is 0 Å². The van der Waals surface area contributed by atoms with Crippen molar-refractivity contribution in [3.63, 3.8) is 0 Å². The predicted octanol–water partition coefficient (Wildman–Crippen LogP) is 4.96. The van der Waals surface area contributed by atoms with Crippen molar-refractivity contribution < 1.29 is 22.7 Å². The lowest BCUT2D eigenvalue weighted by molar-refractivity contribution is -0.137. The van der Waals surface area contributed by atoms with Gasteiger partial charge in [-0.3, -0.25) is 0 Å². The summed E-state index contributed by atoms with van der Waals surface area (Å²) >= 11 is 2.17. The van der Waals surface area contributed by atoms with Gasteiger partial charge in [-0.05, 0) is 71.0 Å². The normalized spacial score (nSPS) is 16.1. The maximum Gasteiger partial charge on any atom is 0.416 e. The molecule has 1 aliphatic rings. The first-order valence-electron chi connectivity index (χ1n) is 7.20. The van der Waals surface area contributed by atoms with Crippen molar-refractivity contribution >= 4 is 40.5 Å². The quantitative estimate of drug-likeness (QED) is 0.363. The van der Waals surface area contributed by atoms with E-state index in [1.165, 1.54) is 18.2 Å². The monoisotopic (exact) mass is 457 g/mol. The molecule has 0 bridgehead atoms. The Labute approximate surface area is 155 Å². The van der Waals surface area contributed by atoms with Crippen LogP contribution in [0.1, 0.15) is 22.3 Å². The topological polar surface area (TPSA) is 38.7 Å². The third-order valence-corrected chi connectivity index (χ3v) is 4.74. The van der Waals surface area contributed by atoms with Crippen molar-refractivity contribution in [2.75, 3.05) is 0 Å². The Bertz CT molecular complexity index is 900. The van der Waals surface area contributed by atoms with E-state index in [9.17, 15) is 18.0 Å². The molecule has 7 heteroatoms. The zero-order chi connectivity index (χ0) is 18.2. The third kappa shape index (κ3) is 3.92. The van der Waals surface area contributed by atoms with Crippen molar-refractivity contribution in [3.8, 4) is 0 Å². The molecule has 1 aliphatic heterocycles. The minimum atomic E-state index is -4.40. The molecule has 0 radical (unpaired) electrons. The van der Waals surface area contributed by atoms with E-state index in [4.69, 9.17) is 4.74 Å². The van der Waals surface area contributed by atoms with Crippen LogP contribution in [-0.4, -0.2) is 11.9 Å². The van der Waals surface area contributed by atoms with Crippen molar-refractivity contribution in [1.82, 2.24) is 0 Å². The van der Waals surface area contributed by atoms with Gasteiger partial charge in [0, 0.05) is 9.13 Å². The number of ether oxygens (including phenoxy) is 1. The summed E-state index contributed by atoms with van der Waals surface area (Å²) in [6, 6.07) is 10.0. The van der Waals surface area contributed by atoms with Crippen molar-refractivity contribution in [3.05, 3.63) is 74.0 Å². The molecule has 2 aromatic carbocycles. The first-order valence-corrected chi connectivity index (χ1v) is 8.28. The number of carbonyl (C=O) groups excluding carboxylic acids is 1. The number of carbonyl (C=O) groups is 1. The molecule has 0 spiro atoms. The Kier molecular flexibility index (Phi) is 4.68. The van der Waals surface area contributed by atoms with E-state index < -0.39 is 17.7 Å². The summed E-state index contributed by atoms with van der Waals surface area (Å²) in [7, 11) is 0. The zero-order valence-electron chi connectivity index (χ0n) is 12.9. The second-order valence-electron chi connectivity index (χ2n) is 5.42. The second kappa shape index (κ2) is 6.62. The Morgan fingerprint density at radius 1 is 1.12 bits per heavy atom. The average Bonchev–Trinajstić information content (AvgIpc) is 2.91. The molecule has 0 amide bonds. The van der Waals surface area contributed by atoms with Gasteiger partial charge >= 0.3 is 12.1 Å². The van der Waals surface area contributed by atoms with E-state index in [1.54, 1.807) is 6.07 Å². The van der Waals surface area contributed by atoms with Crippen LogP contribution < -0.4 is 0 Å². The van der Waals surface area contributed by atoms with Gasteiger partial charge in [-0.1, -0.05) is 18.2 Å². The van der Waals surface area contributed by atoms with E-state index >= 15 is 0 Å². The van der Waals surface area contributed by atoms with Gasteiger partial charge in [-0.15, -0.1) is 0 Å². The lowest BCUT2D eigenvalue weighted by atomic mass is 10.1. The number of esters is 1. The Hall–Kier alpha value is -2.16. The molecule has 0 aromatic heterocycles. The fraction of sp³-hybridized carbons (Fsp3) is 0.111. The van der Waals surface area contributed by atoms with E-state index in [0.717, 1.165) is 21.3 Å². The number of nitrogens with zero attached hydrogens (tertiary/aromatic N) is 1. The summed E-state index contributed by atoms with van der Waals surface area (Å²) in [4.78, 5) is 16.1. The summed E-state index contributed by atoms with van der Waals surface area (Å²) in [6.07, 6.45) is -3.00. The SMILES string of the molecule is Cc1ccc(C2=NC(=Cc3ccc(C(F)(F)F)cc3)C(=O)O2)cc1I. The number of aliphatic imine (C=N–C) groups is 1. The molecule has 0 saturated carbocycles. The summed E-state index contributed by atoms with van der Waals surface area (Å²) in [5.41, 5.74) is 1.49. The van der Waals surface area contributed by atoms with Gasteiger partial charge in [0.2, 0.25) is 5.90 Å². The largest absolute Gasteiger partial charge is 0.416 e. The molecule has 0 aliphatic carbocycles. The van der Waals surface area contributed by atoms with Crippen LogP contribution in [0.25, 0.3) is 6.08 Å². The standard InChI is InChI=1S/C18H11F3INO2/c1-10-2-5-12(9-14(10)22)16-23-15(17(24)25-16)8-11-3-6-13(7-4-11)18(19,20)21/h2-9H,1H3. The Morgan fingerprint density at radius 3 is 2.40 bits per heavy atom. The van der Waals surface area contributed by atoms with Gasteiger partial charge < -0.3 is 4.74 Å². The van der Waals surface area contributed by atoms with E-state index in [2.05, 4.69) is 27.6 Å². The first-order chi connectivity index (χ1) is 11.7. The van der Waals surface area contributed by atoms with Crippen LogP contribution in [0.15, 0.2) is 53.2 Å². The molecule has 0 N–H and O–H groups in total. The number of hydrogen-bond acceptors (Lipinski definition) is 3. The van der Waals surface area contributed by atoms with E-state index in [1.807, 2.05) is 19.1 Å². The highest BCUT2D eigenvalue weighted by atomic mass is 127. The van der Waals surface area contributed by atoms with Crippen LogP contribution in [0.2, 0.25) is 0 Å². The molecule has 3 rings (SSSR count). The molecular weight excluding hydrogens is 446 g/mol. The highest BCUT2D eigenvalue weighted by molar-refractivity contribution is 14.1. The lowest BCUT2D eigenvalue weighted by Gasteiger charge is -2.05. The van der Waals surface area contributed by atoms with Crippen molar-refractivity contribution in [2.45, 2.75) is 13.1 Å². The maximum absolute atomic E-state index is 12.6. The van der Waals surface area contributed by atoms with Crippen molar-refractivity contribution in [1.29, 1.82) is 0 Å². The van der Waals surface area contributed by atoms with Crippen LogP contribution in [0.4, 0.5) is 13.2 Å². The molecule has 25 heavy (non-hydrogen) atoms. The highest BCUT2D eigenvalue weighted by Crippen LogP contribution is 2.29. The van der Waals surface area contributed by atoms with Crippen LogP contribution in [0.3, 0.4) is 0 Å². The predicted molar refractivity (Wildman–Crippen MR) is 95.9 cm³/mol. The number of hydrogen-bond donors (Lipinski definition) is 0. The van der Waals surface area contributed by atoms with Gasteiger partial charge in [0.25, 0.3) is 0 Å². The molecule has 0 atom stereocenters. The van der Waals surface area contributed by atoms with Gasteiger partial charge in [0.05, 0.1) is 5.56 Å². The molecular formula is C18H11F3INO2. The highest BCUT2D eigenvalue weighted by Gasteiger charge is 2.30. The number of halogens is 4. The number of benzene rings is 2. The van der Waals surface area contributed by atoms with E-state index in [0.29, 0.717) is 11.1 Å². The molecule has 0 unspecified atom stereocenters. The number of cyclic esters (lactones) is 1. The maximum atomic E-state index is 12.6. The summed E-state index contributed by atoms with van der Waals surface area (Å²) in [5, 5.41) is 0.